The molecular formula is C7H11F5O. The highest BCUT2D eigenvalue weighted by molar-refractivity contribution is 4.73. The molecule has 0 N–H and O–H groups in total. The Bertz CT molecular complexity index is 144. The second-order valence-electron chi connectivity index (χ2n) is 2.73. The van der Waals surface area contributed by atoms with Gasteiger partial charge < -0.3 is 4.74 Å². The standard InChI is InChI=1S/C7H11F5O/c1-4(7(10,11)12)5(13-2)3-6(8)9/h4-6H,3H2,1-2H3. The summed E-state index contributed by atoms with van der Waals surface area (Å²) in [6.07, 6.45) is -9.64. The van der Waals surface area contributed by atoms with Gasteiger partial charge in [0, 0.05) is 13.5 Å². The van der Waals surface area contributed by atoms with Gasteiger partial charge in [-0.1, -0.05) is 6.92 Å². The fourth-order valence-electron chi connectivity index (χ4n) is 0.891. The summed E-state index contributed by atoms with van der Waals surface area (Å²) in [5, 5.41) is 0. The lowest BCUT2D eigenvalue weighted by atomic mass is 10.0. The van der Waals surface area contributed by atoms with E-state index in [0.29, 0.717) is 0 Å². The normalized spacial score (nSPS) is 17.5. The second-order valence-corrected chi connectivity index (χ2v) is 2.73. The van der Waals surface area contributed by atoms with Gasteiger partial charge in [-0.15, -0.1) is 0 Å². The summed E-state index contributed by atoms with van der Waals surface area (Å²) in [6.45, 7) is 0.830. The predicted octanol–water partition coefficient (Wildman–Crippen LogP) is 2.86. The average molecular weight is 206 g/mol. The summed E-state index contributed by atoms with van der Waals surface area (Å²) in [6, 6.07) is 0. The molecule has 6 heteroatoms. The van der Waals surface area contributed by atoms with Crippen LogP contribution < -0.4 is 0 Å². The van der Waals surface area contributed by atoms with Gasteiger partial charge in [-0.05, 0) is 0 Å². The van der Waals surface area contributed by atoms with Gasteiger partial charge in [0.25, 0.3) is 0 Å². The van der Waals surface area contributed by atoms with Crippen molar-refractivity contribution in [2.75, 3.05) is 7.11 Å². The summed E-state index contributed by atoms with van der Waals surface area (Å²) in [5.74, 6) is -1.87. The van der Waals surface area contributed by atoms with Gasteiger partial charge in [-0.2, -0.15) is 13.2 Å². The number of alkyl halides is 5. The lowest BCUT2D eigenvalue weighted by Gasteiger charge is -2.24. The highest BCUT2D eigenvalue weighted by atomic mass is 19.4. The summed E-state index contributed by atoms with van der Waals surface area (Å²) in [7, 11) is 0.995. The molecule has 1 nitrogen and oxygen atoms in total. The molecule has 0 saturated heterocycles. The van der Waals surface area contributed by atoms with E-state index in [4.69, 9.17) is 0 Å². The van der Waals surface area contributed by atoms with Crippen molar-refractivity contribution >= 4 is 0 Å². The van der Waals surface area contributed by atoms with Crippen LogP contribution in [0.3, 0.4) is 0 Å². The Labute approximate surface area is 72.9 Å². The first-order chi connectivity index (χ1) is 5.79. The van der Waals surface area contributed by atoms with Crippen molar-refractivity contribution in [1.29, 1.82) is 0 Å². The van der Waals surface area contributed by atoms with Crippen LogP contribution in [-0.2, 0) is 4.74 Å². The lowest BCUT2D eigenvalue weighted by Crippen LogP contribution is -2.34. The average Bonchev–Trinajstić information content (AvgIpc) is 1.96. The van der Waals surface area contributed by atoms with E-state index in [9.17, 15) is 22.0 Å². The van der Waals surface area contributed by atoms with Crippen LogP contribution in [0.15, 0.2) is 0 Å². The molecule has 0 aliphatic carbocycles. The maximum absolute atomic E-state index is 12.0. The maximum Gasteiger partial charge on any atom is 0.394 e. The van der Waals surface area contributed by atoms with E-state index < -0.39 is 31.0 Å². The van der Waals surface area contributed by atoms with Crippen LogP contribution in [0.1, 0.15) is 13.3 Å². The Kier molecular flexibility index (Phi) is 4.60. The molecule has 80 valence electrons. The SMILES string of the molecule is COC(CC(F)F)C(C)C(F)(F)F. The molecule has 13 heavy (non-hydrogen) atoms. The van der Waals surface area contributed by atoms with Gasteiger partial charge in [0.05, 0.1) is 12.0 Å². The Morgan fingerprint density at radius 3 is 1.92 bits per heavy atom. The zero-order valence-corrected chi connectivity index (χ0v) is 7.24. The lowest BCUT2D eigenvalue weighted by molar-refractivity contribution is -0.202. The first-order valence-corrected chi connectivity index (χ1v) is 3.66. The minimum atomic E-state index is -4.49. The van der Waals surface area contributed by atoms with Crippen LogP contribution in [-0.4, -0.2) is 25.8 Å². The molecule has 0 amide bonds. The second kappa shape index (κ2) is 4.74. The zero-order valence-electron chi connectivity index (χ0n) is 7.24. The molecule has 0 aromatic rings. The molecule has 0 aromatic carbocycles. The smallest absolute Gasteiger partial charge is 0.381 e. The van der Waals surface area contributed by atoms with E-state index in [-0.39, 0.29) is 0 Å². The molecule has 0 aliphatic heterocycles. The number of ether oxygens (including phenoxy) is 1. The first kappa shape index (κ1) is 12.6. The van der Waals surface area contributed by atoms with Crippen molar-refractivity contribution in [3.05, 3.63) is 0 Å². The number of rotatable bonds is 4. The molecule has 0 aliphatic rings. The van der Waals surface area contributed by atoms with Gasteiger partial charge in [-0.25, -0.2) is 8.78 Å². The number of halogens is 5. The molecule has 0 saturated carbocycles. The largest absolute Gasteiger partial charge is 0.394 e. The molecule has 0 fully saturated rings. The molecule has 2 atom stereocenters. The number of hydrogen-bond acceptors (Lipinski definition) is 1. The van der Waals surface area contributed by atoms with Gasteiger partial charge in [0.15, 0.2) is 0 Å². The Morgan fingerprint density at radius 2 is 1.69 bits per heavy atom. The van der Waals surface area contributed by atoms with Gasteiger partial charge in [0.2, 0.25) is 6.43 Å². The van der Waals surface area contributed by atoms with Crippen molar-refractivity contribution in [2.24, 2.45) is 5.92 Å². The van der Waals surface area contributed by atoms with Crippen LogP contribution in [0.25, 0.3) is 0 Å². The molecular weight excluding hydrogens is 195 g/mol. The molecule has 0 spiro atoms. The van der Waals surface area contributed by atoms with E-state index in [1.807, 2.05) is 0 Å². The molecule has 0 rings (SSSR count). The van der Waals surface area contributed by atoms with Crippen LogP contribution in [0, 0.1) is 5.92 Å². The molecule has 0 heterocycles. The van der Waals surface area contributed by atoms with Crippen molar-refractivity contribution < 1.29 is 26.7 Å². The van der Waals surface area contributed by atoms with Gasteiger partial charge >= 0.3 is 6.18 Å². The molecule has 0 radical (unpaired) electrons. The van der Waals surface area contributed by atoms with Crippen LogP contribution in [0.4, 0.5) is 22.0 Å². The molecule has 2 unspecified atom stereocenters. The van der Waals surface area contributed by atoms with Crippen LogP contribution >= 0.6 is 0 Å². The first-order valence-electron chi connectivity index (χ1n) is 3.66. The van der Waals surface area contributed by atoms with E-state index in [1.165, 1.54) is 0 Å². The summed E-state index contributed by atoms with van der Waals surface area (Å²) >= 11 is 0. The van der Waals surface area contributed by atoms with E-state index in [1.54, 1.807) is 0 Å². The maximum atomic E-state index is 12.0. The minimum absolute atomic E-state index is 0.830. The third-order valence-electron chi connectivity index (χ3n) is 1.79. The van der Waals surface area contributed by atoms with Crippen LogP contribution in [0.5, 0.6) is 0 Å². The minimum Gasteiger partial charge on any atom is -0.381 e. The predicted molar refractivity (Wildman–Crippen MR) is 36.6 cm³/mol. The zero-order chi connectivity index (χ0) is 10.6. The third kappa shape index (κ3) is 4.40. The van der Waals surface area contributed by atoms with Crippen molar-refractivity contribution in [2.45, 2.75) is 32.1 Å². The number of methoxy groups -OCH3 is 1. The quantitative estimate of drug-likeness (QED) is 0.642. The number of hydrogen-bond donors (Lipinski definition) is 0. The van der Waals surface area contributed by atoms with Crippen molar-refractivity contribution in [3.8, 4) is 0 Å². The molecule has 0 aromatic heterocycles. The summed E-state index contributed by atoms with van der Waals surface area (Å²) in [5.41, 5.74) is 0. The monoisotopic (exact) mass is 206 g/mol. The summed E-state index contributed by atoms with van der Waals surface area (Å²) in [4.78, 5) is 0. The van der Waals surface area contributed by atoms with Crippen molar-refractivity contribution in [3.63, 3.8) is 0 Å². The highest BCUT2D eigenvalue weighted by Gasteiger charge is 2.42. The van der Waals surface area contributed by atoms with Gasteiger partial charge in [-0.3, -0.25) is 0 Å². The Morgan fingerprint density at radius 1 is 1.23 bits per heavy atom. The van der Waals surface area contributed by atoms with Gasteiger partial charge in [0.1, 0.15) is 0 Å². The fourth-order valence-corrected chi connectivity index (χ4v) is 0.891. The topological polar surface area (TPSA) is 9.23 Å². The van der Waals surface area contributed by atoms with E-state index in [2.05, 4.69) is 4.74 Å². The third-order valence-corrected chi connectivity index (χ3v) is 1.79. The Balaban J connectivity index is 4.23. The molecule has 0 bridgehead atoms. The van der Waals surface area contributed by atoms with E-state index in [0.717, 1.165) is 14.0 Å². The fraction of sp³-hybridized carbons (Fsp3) is 1.00. The highest BCUT2D eigenvalue weighted by Crippen LogP contribution is 2.31. The Hall–Kier alpha value is -0.390. The summed E-state index contributed by atoms with van der Waals surface area (Å²) < 4.78 is 63.9. The van der Waals surface area contributed by atoms with E-state index >= 15 is 0 Å². The van der Waals surface area contributed by atoms with Crippen LogP contribution in [0.2, 0.25) is 0 Å². The van der Waals surface area contributed by atoms with Crippen molar-refractivity contribution in [1.82, 2.24) is 0 Å².